The molecule has 0 saturated heterocycles. The van der Waals surface area contributed by atoms with Crippen molar-refractivity contribution in [2.24, 2.45) is 0 Å². The van der Waals surface area contributed by atoms with Gasteiger partial charge in [-0.05, 0) is 30.7 Å². The quantitative estimate of drug-likeness (QED) is 0.790. The molecule has 1 aliphatic rings. The van der Waals surface area contributed by atoms with E-state index < -0.39 is 0 Å². The van der Waals surface area contributed by atoms with Crippen molar-refractivity contribution in [3.8, 4) is 17.2 Å². The van der Waals surface area contributed by atoms with E-state index in [1.54, 1.807) is 6.92 Å². The lowest BCUT2D eigenvalue weighted by Crippen LogP contribution is -2.10. The first-order valence-electron chi connectivity index (χ1n) is 6.79. The van der Waals surface area contributed by atoms with Crippen LogP contribution in [0.5, 0.6) is 17.2 Å². The molecule has 0 saturated carbocycles. The second-order valence-electron chi connectivity index (χ2n) is 4.95. The summed E-state index contributed by atoms with van der Waals surface area (Å²) in [7, 11) is 1.39. The second kappa shape index (κ2) is 5.48. The van der Waals surface area contributed by atoms with Crippen molar-refractivity contribution < 1.29 is 19.0 Å². The monoisotopic (exact) mass is 284 g/mol. The lowest BCUT2D eigenvalue weighted by Gasteiger charge is -2.13. The van der Waals surface area contributed by atoms with Gasteiger partial charge < -0.3 is 14.2 Å². The normalized spacial score (nSPS) is 13.8. The van der Waals surface area contributed by atoms with Crippen LogP contribution in [0.2, 0.25) is 0 Å². The zero-order valence-electron chi connectivity index (χ0n) is 12.0. The van der Waals surface area contributed by atoms with Crippen molar-refractivity contribution in [2.75, 3.05) is 7.11 Å². The van der Waals surface area contributed by atoms with Crippen LogP contribution in [-0.4, -0.2) is 13.1 Å². The van der Waals surface area contributed by atoms with Gasteiger partial charge in [-0.2, -0.15) is 0 Å². The van der Waals surface area contributed by atoms with Gasteiger partial charge in [-0.3, -0.25) is 4.79 Å². The molecule has 1 heterocycles. The van der Waals surface area contributed by atoms with Gasteiger partial charge >= 0.3 is 5.97 Å². The number of fused-ring (bicyclic) bond motifs is 2. The van der Waals surface area contributed by atoms with Crippen LogP contribution in [0.15, 0.2) is 42.5 Å². The van der Waals surface area contributed by atoms with Gasteiger partial charge in [-0.25, -0.2) is 0 Å². The maximum Gasteiger partial charge on any atom is 0.312 e. The summed E-state index contributed by atoms with van der Waals surface area (Å²) < 4.78 is 16.5. The number of hydrogen-bond donors (Lipinski definition) is 0. The van der Waals surface area contributed by atoms with Gasteiger partial charge in [0.2, 0.25) is 0 Å². The zero-order chi connectivity index (χ0) is 14.8. The number of rotatable bonds is 2. The van der Waals surface area contributed by atoms with Crippen LogP contribution in [0.1, 0.15) is 24.0 Å². The summed E-state index contributed by atoms with van der Waals surface area (Å²) in [4.78, 5) is 11.7. The first-order chi connectivity index (χ1) is 10.2. The molecule has 0 amide bonds. The average Bonchev–Trinajstić information content (AvgIpc) is 2.71. The molecule has 0 fully saturated rings. The number of esters is 1. The van der Waals surface area contributed by atoms with Crippen LogP contribution in [0, 0.1) is 0 Å². The third-order valence-electron chi connectivity index (χ3n) is 3.60. The molecule has 0 aliphatic carbocycles. The highest BCUT2D eigenvalue weighted by Crippen LogP contribution is 2.39. The minimum atomic E-state index is -0.345. The van der Waals surface area contributed by atoms with Crippen molar-refractivity contribution in [1.82, 2.24) is 0 Å². The molecule has 4 heteroatoms. The number of hydrogen-bond acceptors (Lipinski definition) is 4. The van der Waals surface area contributed by atoms with Crippen LogP contribution < -0.4 is 9.47 Å². The molecule has 0 spiro atoms. The molecule has 108 valence electrons. The van der Waals surface area contributed by atoms with E-state index in [9.17, 15) is 4.79 Å². The van der Waals surface area contributed by atoms with Gasteiger partial charge in [0.1, 0.15) is 12.4 Å². The molecule has 21 heavy (non-hydrogen) atoms. The standard InChI is InChI=1S/C17H16O4/c1-11(17(18)19-2)12-7-8-15-16(9-12)21-14-6-4-3-5-13(14)10-20-15/h3-9,11H,10H2,1-2H3/t11-/m1/s1. The largest absolute Gasteiger partial charge is 0.485 e. The van der Waals surface area contributed by atoms with Crippen LogP contribution >= 0.6 is 0 Å². The van der Waals surface area contributed by atoms with Crippen molar-refractivity contribution in [1.29, 1.82) is 0 Å². The first-order valence-corrected chi connectivity index (χ1v) is 6.79. The van der Waals surface area contributed by atoms with E-state index in [1.807, 2.05) is 42.5 Å². The molecule has 3 rings (SSSR count). The Morgan fingerprint density at radius 3 is 2.76 bits per heavy atom. The third-order valence-corrected chi connectivity index (χ3v) is 3.60. The first kappa shape index (κ1) is 13.5. The molecule has 2 aromatic carbocycles. The van der Waals surface area contributed by atoms with Crippen LogP contribution in [-0.2, 0) is 16.1 Å². The predicted octanol–water partition coefficient (Wildman–Crippen LogP) is 3.65. The van der Waals surface area contributed by atoms with E-state index >= 15 is 0 Å². The van der Waals surface area contributed by atoms with E-state index in [4.69, 9.17) is 14.2 Å². The summed E-state index contributed by atoms with van der Waals surface area (Å²) >= 11 is 0. The summed E-state index contributed by atoms with van der Waals surface area (Å²) in [6.07, 6.45) is 0. The molecule has 0 bridgehead atoms. The van der Waals surface area contributed by atoms with Crippen molar-refractivity contribution in [2.45, 2.75) is 19.4 Å². The smallest absolute Gasteiger partial charge is 0.312 e. The maximum absolute atomic E-state index is 11.7. The van der Waals surface area contributed by atoms with Gasteiger partial charge in [0, 0.05) is 5.56 Å². The van der Waals surface area contributed by atoms with E-state index in [0.717, 1.165) is 16.9 Å². The van der Waals surface area contributed by atoms with Crippen molar-refractivity contribution in [3.05, 3.63) is 53.6 Å². The lowest BCUT2D eigenvalue weighted by molar-refractivity contribution is -0.141. The Hall–Kier alpha value is -2.49. The third kappa shape index (κ3) is 2.57. The van der Waals surface area contributed by atoms with Crippen LogP contribution in [0.25, 0.3) is 0 Å². The van der Waals surface area contributed by atoms with E-state index in [-0.39, 0.29) is 11.9 Å². The minimum Gasteiger partial charge on any atom is -0.485 e. The number of methoxy groups -OCH3 is 1. The SMILES string of the molecule is COC(=O)[C@H](C)c1ccc2c(c1)Oc1ccccc1CO2. The molecular formula is C17H16O4. The summed E-state index contributed by atoms with van der Waals surface area (Å²) in [5.74, 6) is 1.45. The van der Waals surface area contributed by atoms with Gasteiger partial charge in [-0.15, -0.1) is 0 Å². The van der Waals surface area contributed by atoms with Gasteiger partial charge in [0.05, 0.1) is 13.0 Å². The van der Waals surface area contributed by atoms with Gasteiger partial charge in [-0.1, -0.05) is 24.3 Å². The average molecular weight is 284 g/mol. The number of para-hydroxylation sites is 1. The number of carbonyl (C=O) groups excluding carboxylic acids is 1. The summed E-state index contributed by atoms with van der Waals surface area (Å²) in [6, 6.07) is 13.3. The highest BCUT2D eigenvalue weighted by molar-refractivity contribution is 5.77. The highest BCUT2D eigenvalue weighted by atomic mass is 16.5. The van der Waals surface area contributed by atoms with E-state index in [1.165, 1.54) is 7.11 Å². The topological polar surface area (TPSA) is 44.8 Å². The summed E-state index contributed by atoms with van der Waals surface area (Å²) in [5, 5.41) is 0. The van der Waals surface area contributed by atoms with E-state index in [0.29, 0.717) is 18.1 Å². The van der Waals surface area contributed by atoms with Crippen LogP contribution in [0.4, 0.5) is 0 Å². The molecule has 0 aromatic heterocycles. The molecule has 0 unspecified atom stereocenters. The van der Waals surface area contributed by atoms with E-state index in [2.05, 4.69) is 0 Å². The second-order valence-corrected chi connectivity index (χ2v) is 4.95. The fourth-order valence-corrected chi connectivity index (χ4v) is 2.30. The Bertz CT molecular complexity index is 678. The Morgan fingerprint density at radius 2 is 1.95 bits per heavy atom. The molecule has 1 aliphatic heterocycles. The fourth-order valence-electron chi connectivity index (χ4n) is 2.30. The Morgan fingerprint density at radius 1 is 1.14 bits per heavy atom. The number of ether oxygens (including phenoxy) is 3. The van der Waals surface area contributed by atoms with Crippen molar-refractivity contribution >= 4 is 5.97 Å². The molecule has 0 N–H and O–H groups in total. The molecular weight excluding hydrogens is 268 g/mol. The van der Waals surface area contributed by atoms with Gasteiger partial charge in [0.25, 0.3) is 0 Å². The molecule has 1 atom stereocenters. The molecule has 2 aromatic rings. The highest BCUT2D eigenvalue weighted by Gasteiger charge is 2.20. The minimum absolute atomic E-state index is 0.273. The number of benzene rings is 2. The Labute approximate surface area is 123 Å². The summed E-state index contributed by atoms with van der Waals surface area (Å²) in [6.45, 7) is 2.27. The molecule has 4 nitrogen and oxygen atoms in total. The summed E-state index contributed by atoms with van der Waals surface area (Å²) in [5.41, 5.74) is 1.83. The lowest BCUT2D eigenvalue weighted by atomic mass is 10.0. The predicted molar refractivity (Wildman–Crippen MR) is 77.7 cm³/mol. The maximum atomic E-state index is 11.7. The van der Waals surface area contributed by atoms with Crippen molar-refractivity contribution in [3.63, 3.8) is 0 Å². The fraction of sp³-hybridized carbons (Fsp3) is 0.235. The molecule has 0 radical (unpaired) electrons. The van der Waals surface area contributed by atoms with Crippen LogP contribution in [0.3, 0.4) is 0 Å². The Balaban J connectivity index is 1.96. The van der Waals surface area contributed by atoms with Gasteiger partial charge in [0.15, 0.2) is 11.5 Å². The zero-order valence-corrected chi connectivity index (χ0v) is 12.0. The Kier molecular flexibility index (Phi) is 3.52. The number of carbonyl (C=O) groups is 1.